The fraction of sp³-hybridized carbons (Fsp3) is 0.235. The molecule has 0 radical (unpaired) electrons. The van der Waals surface area contributed by atoms with E-state index in [-0.39, 0.29) is 0 Å². The van der Waals surface area contributed by atoms with Gasteiger partial charge in [0.15, 0.2) is 0 Å². The van der Waals surface area contributed by atoms with Crippen molar-refractivity contribution in [3.05, 3.63) is 57.5 Å². The summed E-state index contributed by atoms with van der Waals surface area (Å²) >= 11 is 9.53. The predicted molar refractivity (Wildman–Crippen MR) is 95.1 cm³/mol. The van der Waals surface area contributed by atoms with E-state index in [1.165, 1.54) is 11.3 Å². The van der Waals surface area contributed by atoms with E-state index in [1.54, 1.807) is 0 Å². The van der Waals surface area contributed by atoms with Crippen LogP contribution in [0.4, 0.5) is 11.4 Å². The highest BCUT2D eigenvalue weighted by molar-refractivity contribution is 9.10. The Balaban J connectivity index is 1.51. The van der Waals surface area contributed by atoms with Gasteiger partial charge in [0, 0.05) is 33.4 Å². The lowest BCUT2D eigenvalue weighted by Gasteiger charge is -2.19. The highest BCUT2D eigenvalue weighted by Crippen LogP contribution is 2.34. The van der Waals surface area contributed by atoms with E-state index < -0.39 is 0 Å². The molecule has 2 aromatic rings. The molecule has 22 heavy (non-hydrogen) atoms. The standard InChI is InChI=1S/C17H15BrClN3/c18-13-2-5-15(6-3-13)21-22-9-12-7-11-1-4-14(19)8-16(11)20-17(12)10-22/h1-6,8,12,21H,7,9-10H2. The van der Waals surface area contributed by atoms with Crippen LogP contribution in [-0.2, 0) is 6.42 Å². The monoisotopic (exact) mass is 375 g/mol. The first-order chi connectivity index (χ1) is 10.7. The Kier molecular flexibility index (Phi) is 3.68. The lowest BCUT2D eigenvalue weighted by atomic mass is 9.93. The normalized spacial score (nSPS) is 20.3. The van der Waals surface area contributed by atoms with E-state index in [1.807, 2.05) is 24.3 Å². The van der Waals surface area contributed by atoms with Crippen molar-refractivity contribution in [3.8, 4) is 0 Å². The van der Waals surface area contributed by atoms with Crippen molar-refractivity contribution in [1.82, 2.24) is 5.01 Å². The van der Waals surface area contributed by atoms with Crippen molar-refractivity contribution in [3.63, 3.8) is 0 Å². The number of hydrogen-bond acceptors (Lipinski definition) is 3. The van der Waals surface area contributed by atoms with E-state index in [0.29, 0.717) is 5.92 Å². The molecule has 4 rings (SSSR count). The van der Waals surface area contributed by atoms with Gasteiger partial charge in [0.1, 0.15) is 0 Å². The van der Waals surface area contributed by atoms with Gasteiger partial charge in [-0.15, -0.1) is 0 Å². The summed E-state index contributed by atoms with van der Waals surface area (Å²) in [5, 5.41) is 2.99. The number of nitrogens with zero attached hydrogens (tertiary/aromatic N) is 2. The fourth-order valence-corrected chi connectivity index (χ4v) is 3.53. The Hall–Kier alpha value is -1.36. The molecule has 1 fully saturated rings. The van der Waals surface area contributed by atoms with Crippen LogP contribution in [0.3, 0.4) is 0 Å². The van der Waals surface area contributed by atoms with Gasteiger partial charge in [-0.1, -0.05) is 33.6 Å². The lowest BCUT2D eigenvalue weighted by Crippen LogP contribution is -2.27. The molecule has 3 nitrogen and oxygen atoms in total. The summed E-state index contributed by atoms with van der Waals surface area (Å²) in [5.41, 5.74) is 8.14. The van der Waals surface area contributed by atoms with Crippen LogP contribution < -0.4 is 5.43 Å². The van der Waals surface area contributed by atoms with Gasteiger partial charge in [-0.3, -0.25) is 4.99 Å². The van der Waals surface area contributed by atoms with Crippen molar-refractivity contribution in [2.75, 3.05) is 18.5 Å². The van der Waals surface area contributed by atoms with Crippen LogP contribution in [0.5, 0.6) is 0 Å². The molecule has 1 atom stereocenters. The van der Waals surface area contributed by atoms with Gasteiger partial charge in [-0.25, -0.2) is 5.01 Å². The maximum atomic E-state index is 6.07. The molecule has 1 N–H and O–H groups in total. The first-order valence-corrected chi connectivity index (χ1v) is 8.47. The van der Waals surface area contributed by atoms with Crippen LogP contribution in [0.2, 0.25) is 5.02 Å². The Morgan fingerprint density at radius 3 is 2.82 bits per heavy atom. The quantitative estimate of drug-likeness (QED) is 0.823. The van der Waals surface area contributed by atoms with Gasteiger partial charge in [0.05, 0.1) is 12.2 Å². The number of hydrogen-bond donors (Lipinski definition) is 1. The second-order valence-electron chi connectivity index (χ2n) is 5.78. The van der Waals surface area contributed by atoms with Crippen molar-refractivity contribution in [1.29, 1.82) is 0 Å². The minimum atomic E-state index is 0.497. The minimum Gasteiger partial charge on any atom is -0.318 e. The largest absolute Gasteiger partial charge is 0.318 e. The smallest absolute Gasteiger partial charge is 0.0676 e. The molecule has 0 bridgehead atoms. The number of anilines is 1. The summed E-state index contributed by atoms with van der Waals surface area (Å²) in [6.45, 7) is 1.84. The second kappa shape index (κ2) is 5.69. The van der Waals surface area contributed by atoms with Crippen molar-refractivity contribution in [2.45, 2.75) is 6.42 Å². The van der Waals surface area contributed by atoms with E-state index in [4.69, 9.17) is 16.6 Å². The molecule has 1 saturated heterocycles. The number of rotatable bonds is 2. The Labute approximate surface area is 143 Å². The van der Waals surface area contributed by atoms with Gasteiger partial charge in [0.25, 0.3) is 0 Å². The van der Waals surface area contributed by atoms with Crippen molar-refractivity contribution < 1.29 is 0 Å². The third-order valence-corrected chi connectivity index (χ3v) is 4.94. The zero-order chi connectivity index (χ0) is 15.1. The van der Waals surface area contributed by atoms with Crippen LogP contribution in [0.15, 0.2) is 51.9 Å². The van der Waals surface area contributed by atoms with Crippen LogP contribution in [0.25, 0.3) is 0 Å². The highest BCUT2D eigenvalue weighted by atomic mass is 79.9. The van der Waals surface area contributed by atoms with E-state index >= 15 is 0 Å². The Morgan fingerprint density at radius 1 is 1.18 bits per heavy atom. The van der Waals surface area contributed by atoms with E-state index in [0.717, 1.165) is 40.4 Å². The van der Waals surface area contributed by atoms with Gasteiger partial charge < -0.3 is 5.43 Å². The predicted octanol–water partition coefficient (Wildman–Crippen LogP) is 4.69. The van der Waals surface area contributed by atoms with Gasteiger partial charge in [0.2, 0.25) is 0 Å². The molecular weight excluding hydrogens is 362 g/mol. The molecule has 2 aromatic carbocycles. The van der Waals surface area contributed by atoms with Gasteiger partial charge in [-0.2, -0.15) is 0 Å². The molecule has 0 spiro atoms. The fourth-order valence-electron chi connectivity index (χ4n) is 3.10. The van der Waals surface area contributed by atoms with Crippen molar-refractivity contribution >= 4 is 44.6 Å². The highest BCUT2D eigenvalue weighted by Gasteiger charge is 2.32. The van der Waals surface area contributed by atoms with Crippen LogP contribution >= 0.6 is 27.5 Å². The third kappa shape index (κ3) is 2.78. The van der Waals surface area contributed by atoms with Crippen LogP contribution in [-0.4, -0.2) is 23.8 Å². The number of aliphatic imine (C=N–C) groups is 1. The maximum Gasteiger partial charge on any atom is 0.0676 e. The first kappa shape index (κ1) is 14.2. The van der Waals surface area contributed by atoms with Crippen molar-refractivity contribution in [2.24, 2.45) is 10.9 Å². The van der Waals surface area contributed by atoms with E-state index in [2.05, 4.69) is 44.6 Å². The minimum absolute atomic E-state index is 0.497. The number of nitrogens with one attached hydrogen (secondary N) is 1. The summed E-state index contributed by atoms with van der Waals surface area (Å²) in [7, 11) is 0. The topological polar surface area (TPSA) is 27.6 Å². The second-order valence-corrected chi connectivity index (χ2v) is 7.13. The molecule has 2 aliphatic heterocycles. The molecule has 0 aromatic heterocycles. The zero-order valence-corrected chi connectivity index (χ0v) is 14.2. The molecule has 2 aliphatic rings. The summed E-state index contributed by atoms with van der Waals surface area (Å²) in [6.07, 6.45) is 1.05. The molecule has 2 heterocycles. The number of fused-ring (bicyclic) bond motifs is 2. The summed E-state index contributed by atoms with van der Waals surface area (Å²) in [4.78, 5) is 4.82. The van der Waals surface area contributed by atoms with Gasteiger partial charge >= 0.3 is 0 Å². The number of benzene rings is 2. The molecule has 0 amide bonds. The Morgan fingerprint density at radius 2 is 2.00 bits per heavy atom. The third-order valence-electron chi connectivity index (χ3n) is 4.17. The van der Waals surface area contributed by atoms with Crippen LogP contribution in [0, 0.1) is 5.92 Å². The first-order valence-electron chi connectivity index (χ1n) is 7.30. The molecule has 1 unspecified atom stereocenters. The average molecular weight is 377 g/mol. The van der Waals surface area contributed by atoms with Gasteiger partial charge in [-0.05, 0) is 48.4 Å². The van der Waals surface area contributed by atoms with E-state index in [9.17, 15) is 0 Å². The SMILES string of the molecule is Clc1ccc2c(c1)N=C1CN(Nc3ccc(Br)cc3)CC1C2. The zero-order valence-electron chi connectivity index (χ0n) is 11.9. The molecule has 0 aliphatic carbocycles. The Bertz CT molecular complexity index is 742. The van der Waals surface area contributed by atoms with Crippen LogP contribution in [0.1, 0.15) is 5.56 Å². The number of hydrazine groups is 1. The molecular formula is C17H15BrClN3. The molecule has 112 valence electrons. The lowest BCUT2D eigenvalue weighted by molar-refractivity contribution is 0.388. The summed E-state index contributed by atoms with van der Waals surface area (Å²) in [6, 6.07) is 14.2. The average Bonchev–Trinajstić information content (AvgIpc) is 2.88. The summed E-state index contributed by atoms with van der Waals surface area (Å²) in [5.74, 6) is 0.497. The molecule has 0 saturated carbocycles. The number of halogens is 2. The summed E-state index contributed by atoms with van der Waals surface area (Å²) < 4.78 is 1.09. The molecule has 5 heteroatoms. The maximum absolute atomic E-state index is 6.07.